The molecule has 0 aromatic heterocycles. The molecule has 82 valence electrons. The number of benzene rings is 1. The molecule has 2 rings (SSSR count). The van der Waals surface area contributed by atoms with Crippen LogP contribution in [0.3, 0.4) is 0 Å². The van der Waals surface area contributed by atoms with Crippen molar-refractivity contribution < 1.29 is 5.11 Å². The number of phenols is 1. The van der Waals surface area contributed by atoms with Crippen LogP contribution in [-0.2, 0) is 6.42 Å². The first-order valence-corrected chi connectivity index (χ1v) is 5.86. The van der Waals surface area contributed by atoms with Gasteiger partial charge in [0.25, 0.3) is 0 Å². The smallest absolute Gasteiger partial charge is 0.115 e. The van der Waals surface area contributed by atoms with Crippen molar-refractivity contribution >= 4 is 0 Å². The van der Waals surface area contributed by atoms with Crippen LogP contribution in [-0.4, -0.2) is 17.7 Å². The molecule has 2 heteroatoms. The second kappa shape index (κ2) is 5.17. The van der Waals surface area contributed by atoms with Crippen molar-refractivity contribution in [1.82, 2.24) is 5.32 Å². The van der Waals surface area contributed by atoms with Gasteiger partial charge in [0.05, 0.1) is 0 Å². The van der Waals surface area contributed by atoms with Crippen molar-refractivity contribution in [2.45, 2.75) is 38.1 Å². The Morgan fingerprint density at radius 3 is 3.07 bits per heavy atom. The van der Waals surface area contributed by atoms with Crippen LogP contribution in [0.25, 0.3) is 0 Å². The predicted molar refractivity (Wildman–Crippen MR) is 62.1 cm³/mol. The maximum Gasteiger partial charge on any atom is 0.115 e. The molecule has 1 aliphatic rings. The van der Waals surface area contributed by atoms with Crippen molar-refractivity contribution in [3.05, 3.63) is 29.8 Å². The van der Waals surface area contributed by atoms with Gasteiger partial charge in [-0.3, -0.25) is 0 Å². The molecule has 1 unspecified atom stereocenters. The van der Waals surface area contributed by atoms with E-state index in [4.69, 9.17) is 0 Å². The van der Waals surface area contributed by atoms with E-state index in [2.05, 4.69) is 11.4 Å². The Labute approximate surface area is 91.3 Å². The molecule has 0 aliphatic carbocycles. The van der Waals surface area contributed by atoms with E-state index in [1.165, 1.54) is 31.2 Å². The molecule has 0 spiro atoms. The summed E-state index contributed by atoms with van der Waals surface area (Å²) in [6.45, 7) is 1.14. The van der Waals surface area contributed by atoms with Gasteiger partial charge in [0, 0.05) is 6.04 Å². The molecule has 2 N–H and O–H groups in total. The Hall–Kier alpha value is -1.02. The zero-order valence-corrected chi connectivity index (χ0v) is 9.08. The lowest BCUT2D eigenvalue weighted by molar-refractivity contribution is 0.471. The van der Waals surface area contributed by atoms with Crippen LogP contribution in [0.4, 0.5) is 0 Å². The van der Waals surface area contributed by atoms with E-state index < -0.39 is 0 Å². The number of aromatic hydroxyl groups is 1. The van der Waals surface area contributed by atoms with Gasteiger partial charge in [-0.1, -0.05) is 25.0 Å². The lowest BCUT2D eigenvalue weighted by Crippen LogP contribution is -2.30. The molecule has 1 aromatic rings. The Morgan fingerprint density at radius 2 is 2.20 bits per heavy atom. The number of phenolic OH excluding ortho intramolecular Hbond substituents is 1. The van der Waals surface area contributed by atoms with Gasteiger partial charge in [-0.05, 0) is 43.5 Å². The fourth-order valence-electron chi connectivity index (χ4n) is 2.24. The summed E-state index contributed by atoms with van der Waals surface area (Å²) >= 11 is 0. The van der Waals surface area contributed by atoms with E-state index in [1.54, 1.807) is 6.07 Å². The largest absolute Gasteiger partial charge is 0.508 e. The third kappa shape index (κ3) is 3.24. The maximum absolute atomic E-state index is 9.38. The highest BCUT2D eigenvalue weighted by Gasteiger charge is 2.11. The molecular weight excluding hydrogens is 186 g/mol. The first-order valence-electron chi connectivity index (χ1n) is 5.86. The van der Waals surface area contributed by atoms with Crippen LogP contribution in [0.5, 0.6) is 5.75 Å². The molecule has 1 atom stereocenters. The first kappa shape index (κ1) is 10.5. The summed E-state index contributed by atoms with van der Waals surface area (Å²) in [6, 6.07) is 8.19. The van der Waals surface area contributed by atoms with Crippen LogP contribution >= 0.6 is 0 Å². The first-order chi connectivity index (χ1) is 7.34. The third-order valence-electron chi connectivity index (χ3n) is 3.06. The number of rotatable bonds is 2. The topological polar surface area (TPSA) is 32.3 Å². The molecule has 2 nitrogen and oxygen atoms in total. The SMILES string of the molecule is Oc1cccc(CC2CCCCCN2)c1. The van der Waals surface area contributed by atoms with Crippen LogP contribution in [0, 0.1) is 0 Å². The zero-order valence-electron chi connectivity index (χ0n) is 9.08. The average Bonchev–Trinajstić information content (AvgIpc) is 2.46. The average molecular weight is 205 g/mol. The van der Waals surface area contributed by atoms with Crippen molar-refractivity contribution in [1.29, 1.82) is 0 Å². The van der Waals surface area contributed by atoms with E-state index in [0.29, 0.717) is 11.8 Å². The molecule has 0 saturated carbocycles. The van der Waals surface area contributed by atoms with Crippen molar-refractivity contribution in [3.8, 4) is 5.75 Å². The molecule has 15 heavy (non-hydrogen) atoms. The Morgan fingerprint density at radius 1 is 1.27 bits per heavy atom. The fourth-order valence-corrected chi connectivity index (χ4v) is 2.24. The van der Waals surface area contributed by atoms with Crippen molar-refractivity contribution in [3.63, 3.8) is 0 Å². The minimum absolute atomic E-state index is 0.376. The summed E-state index contributed by atoms with van der Waals surface area (Å²) in [7, 11) is 0. The predicted octanol–water partition coefficient (Wildman–Crippen LogP) is 2.47. The summed E-state index contributed by atoms with van der Waals surface area (Å²) in [6.07, 6.45) is 6.28. The fraction of sp³-hybridized carbons (Fsp3) is 0.538. The minimum atomic E-state index is 0.376. The molecule has 0 bridgehead atoms. The molecule has 1 fully saturated rings. The minimum Gasteiger partial charge on any atom is -0.508 e. The summed E-state index contributed by atoms with van der Waals surface area (Å²) < 4.78 is 0. The second-order valence-corrected chi connectivity index (χ2v) is 4.37. The quantitative estimate of drug-likeness (QED) is 0.777. The monoisotopic (exact) mass is 205 g/mol. The van der Waals surface area contributed by atoms with Gasteiger partial charge in [0.2, 0.25) is 0 Å². The van der Waals surface area contributed by atoms with Crippen LogP contribution in [0.2, 0.25) is 0 Å². The summed E-state index contributed by atoms with van der Waals surface area (Å²) in [4.78, 5) is 0. The zero-order chi connectivity index (χ0) is 10.5. The van der Waals surface area contributed by atoms with E-state index in [9.17, 15) is 5.11 Å². The van der Waals surface area contributed by atoms with Gasteiger partial charge in [-0.25, -0.2) is 0 Å². The molecular formula is C13H19NO. The van der Waals surface area contributed by atoms with E-state index in [1.807, 2.05) is 12.1 Å². The van der Waals surface area contributed by atoms with Gasteiger partial charge in [-0.2, -0.15) is 0 Å². The Balaban J connectivity index is 1.95. The molecule has 0 radical (unpaired) electrons. The van der Waals surface area contributed by atoms with Gasteiger partial charge >= 0.3 is 0 Å². The van der Waals surface area contributed by atoms with E-state index >= 15 is 0 Å². The normalized spacial score (nSPS) is 22.3. The highest BCUT2D eigenvalue weighted by atomic mass is 16.3. The third-order valence-corrected chi connectivity index (χ3v) is 3.06. The van der Waals surface area contributed by atoms with Crippen LogP contribution in [0.15, 0.2) is 24.3 Å². The molecule has 0 amide bonds. The molecule has 1 heterocycles. The Kier molecular flexibility index (Phi) is 3.62. The summed E-state index contributed by atoms with van der Waals surface area (Å²) in [5, 5.41) is 12.9. The molecule has 1 saturated heterocycles. The molecule has 1 aliphatic heterocycles. The number of hydrogen-bond acceptors (Lipinski definition) is 2. The van der Waals surface area contributed by atoms with Gasteiger partial charge < -0.3 is 10.4 Å². The van der Waals surface area contributed by atoms with Crippen LogP contribution in [0.1, 0.15) is 31.2 Å². The molecule has 1 aromatic carbocycles. The summed E-state index contributed by atoms with van der Waals surface area (Å²) in [5.41, 5.74) is 1.23. The second-order valence-electron chi connectivity index (χ2n) is 4.37. The summed E-state index contributed by atoms with van der Waals surface area (Å²) in [5.74, 6) is 0.376. The van der Waals surface area contributed by atoms with Crippen LogP contribution < -0.4 is 5.32 Å². The van der Waals surface area contributed by atoms with E-state index in [-0.39, 0.29) is 0 Å². The van der Waals surface area contributed by atoms with Crippen molar-refractivity contribution in [2.75, 3.05) is 6.54 Å². The van der Waals surface area contributed by atoms with Gasteiger partial charge in [0.15, 0.2) is 0 Å². The lowest BCUT2D eigenvalue weighted by Gasteiger charge is -2.15. The lowest BCUT2D eigenvalue weighted by atomic mass is 10.0. The van der Waals surface area contributed by atoms with Gasteiger partial charge in [0.1, 0.15) is 5.75 Å². The van der Waals surface area contributed by atoms with E-state index in [0.717, 1.165) is 13.0 Å². The highest BCUT2D eigenvalue weighted by Crippen LogP contribution is 2.16. The number of nitrogens with one attached hydrogen (secondary N) is 1. The van der Waals surface area contributed by atoms with Crippen molar-refractivity contribution in [2.24, 2.45) is 0 Å². The number of hydrogen-bond donors (Lipinski definition) is 2. The Bertz CT molecular complexity index is 303. The van der Waals surface area contributed by atoms with Gasteiger partial charge in [-0.15, -0.1) is 0 Å². The standard InChI is InChI=1S/C13H19NO/c15-13-7-4-5-11(10-13)9-12-6-2-1-3-8-14-12/h4-5,7,10,12,14-15H,1-3,6,8-9H2. The highest BCUT2D eigenvalue weighted by molar-refractivity contribution is 5.27. The maximum atomic E-state index is 9.38.